The number of ketones is 1. The molecule has 0 aliphatic rings. The second kappa shape index (κ2) is 6.65. The number of nitrogens with one attached hydrogen (secondary N) is 1. The van der Waals surface area contributed by atoms with Crippen molar-refractivity contribution in [3.63, 3.8) is 0 Å². The molecule has 0 fully saturated rings. The van der Waals surface area contributed by atoms with Crippen LogP contribution in [0.3, 0.4) is 0 Å². The summed E-state index contributed by atoms with van der Waals surface area (Å²) in [6.07, 6.45) is -0.304. The Morgan fingerprint density at radius 2 is 2.11 bits per heavy atom. The van der Waals surface area contributed by atoms with Crippen LogP contribution in [-0.2, 0) is 21.0 Å². The highest BCUT2D eigenvalue weighted by molar-refractivity contribution is 7.74. The number of aryl methyl sites for hydroxylation is 1. The molecule has 0 aliphatic carbocycles. The van der Waals surface area contributed by atoms with Gasteiger partial charge in [0.15, 0.2) is 5.75 Å². The van der Waals surface area contributed by atoms with Gasteiger partial charge >= 0.3 is 0 Å². The van der Waals surface area contributed by atoms with Gasteiger partial charge in [-0.2, -0.15) is 0 Å². The first kappa shape index (κ1) is 15.6. The topological polar surface area (TPSA) is 95.5 Å². The number of hydrogen-bond acceptors (Lipinski definition) is 5. The summed E-state index contributed by atoms with van der Waals surface area (Å²) in [5, 5.41) is 2.69. The van der Waals surface area contributed by atoms with Gasteiger partial charge in [0.1, 0.15) is 17.1 Å². The first-order valence-corrected chi connectivity index (χ1v) is 6.54. The summed E-state index contributed by atoms with van der Waals surface area (Å²) in [4.78, 5) is 22.3. The maximum Gasteiger partial charge on any atom is 0.231 e. The third-order valence-electron chi connectivity index (χ3n) is 2.10. The van der Waals surface area contributed by atoms with Crippen molar-refractivity contribution in [2.24, 2.45) is 0 Å². The van der Waals surface area contributed by atoms with E-state index in [0.29, 0.717) is 10.6 Å². The number of carbonyl (C=O) groups is 2. The molecule has 0 saturated heterocycles. The van der Waals surface area contributed by atoms with Gasteiger partial charge in [-0.15, -0.1) is 0 Å². The monoisotopic (exact) mass is 304 g/mol. The molecule has 104 valence electrons. The lowest BCUT2D eigenvalue weighted by Crippen LogP contribution is -2.16. The molecule has 0 saturated carbocycles. The average molecular weight is 305 g/mol. The lowest BCUT2D eigenvalue weighted by Gasteiger charge is -2.14. The van der Waals surface area contributed by atoms with E-state index in [2.05, 4.69) is 9.50 Å². The second-order valence-electron chi connectivity index (χ2n) is 3.81. The Bertz CT molecular complexity index is 546. The van der Waals surface area contributed by atoms with Gasteiger partial charge in [0, 0.05) is 11.1 Å². The molecule has 1 aromatic rings. The smallest absolute Gasteiger partial charge is 0.231 e. The Morgan fingerprint density at radius 1 is 1.47 bits per heavy atom. The van der Waals surface area contributed by atoms with E-state index in [1.807, 2.05) is 0 Å². The Balaban J connectivity index is 3.03. The van der Waals surface area contributed by atoms with E-state index >= 15 is 0 Å². The number of benzene rings is 1. The van der Waals surface area contributed by atoms with E-state index in [-0.39, 0.29) is 23.6 Å². The molecule has 6 nitrogen and oxygen atoms in total. The Labute approximate surface area is 117 Å². The minimum absolute atomic E-state index is 0.110. The molecule has 1 amide bonds. The number of carbonyl (C=O) groups excluding carboxylic acids is 2. The molecule has 0 heterocycles. The maximum atomic E-state index is 11.5. The van der Waals surface area contributed by atoms with E-state index in [1.165, 1.54) is 19.1 Å². The van der Waals surface area contributed by atoms with Crippen molar-refractivity contribution >= 4 is 40.3 Å². The number of anilines is 1. The van der Waals surface area contributed by atoms with Crippen LogP contribution in [0.25, 0.3) is 0 Å². The molecule has 0 aromatic heterocycles. The third-order valence-corrected chi connectivity index (χ3v) is 2.83. The molecular formula is C11H11ClNO5S-. The van der Waals surface area contributed by atoms with Crippen molar-refractivity contribution in [1.82, 2.24) is 0 Å². The summed E-state index contributed by atoms with van der Waals surface area (Å²) in [5.41, 5.74) is 0.765. The van der Waals surface area contributed by atoms with Crippen LogP contribution in [0.2, 0.25) is 5.02 Å². The fourth-order valence-electron chi connectivity index (χ4n) is 1.32. The molecule has 0 radical (unpaired) electrons. The zero-order chi connectivity index (χ0) is 14.6. The molecule has 1 N–H and O–H groups in total. The van der Waals surface area contributed by atoms with Crippen LogP contribution in [0.5, 0.6) is 5.75 Å². The van der Waals surface area contributed by atoms with Crippen molar-refractivity contribution in [2.75, 3.05) is 5.32 Å². The van der Waals surface area contributed by atoms with Gasteiger partial charge in [-0.05, 0) is 25.5 Å². The number of hydrogen-bond donors (Lipinski definition) is 1. The first-order valence-electron chi connectivity index (χ1n) is 5.16. The average Bonchev–Trinajstić information content (AvgIpc) is 2.23. The zero-order valence-corrected chi connectivity index (χ0v) is 11.8. The van der Waals surface area contributed by atoms with Crippen molar-refractivity contribution in [2.45, 2.75) is 20.3 Å². The summed E-state index contributed by atoms with van der Waals surface area (Å²) < 4.78 is 25.6. The summed E-state index contributed by atoms with van der Waals surface area (Å²) in [7, 11) is 0. The Kier molecular flexibility index (Phi) is 5.46. The molecular weight excluding hydrogens is 294 g/mol. The fourth-order valence-corrected chi connectivity index (χ4v) is 1.76. The molecule has 1 rings (SSSR count). The number of Topliss-reactive ketones (excluding diaryl/α,β-unsaturated/α-hetero) is 1. The molecule has 0 aliphatic heterocycles. The second-order valence-corrected chi connectivity index (χ2v) is 4.79. The predicted molar refractivity (Wildman–Crippen MR) is 69.7 cm³/mol. The van der Waals surface area contributed by atoms with Crippen LogP contribution < -0.4 is 9.50 Å². The molecule has 0 bridgehead atoms. The van der Waals surface area contributed by atoms with E-state index in [4.69, 9.17) is 11.6 Å². The van der Waals surface area contributed by atoms with Crippen LogP contribution in [0, 0.1) is 6.92 Å². The van der Waals surface area contributed by atoms with E-state index in [9.17, 15) is 18.4 Å². The Morgan fingerprint density at radius 3 is 2.63 bits per heavy atom. The summed E-state index contributed by atoms with van der Waals surface area (Å²) >= 11 is 3.05. The van der Waals surface area contributed by atoms with Crippen LogP contribution >= 0.6 is 11.6 Å². The standard InChI is InChI=1S/C11H12ClNO5S/c1-6-3-9(13-11(15)4-7(2)14)10(5-8(6)12)18-19(16)17/h3,5H,4H2,1-2H3,(H,13,15)(H,16,17)/p-1. The number of rotatable bonds is 5. The summed E-state index contributed by atoms with van der Waals surface area (Å²) in [6.45, 7) is 2.96. The van der Waals surface area contributed by atoms with Gasteiger partial charge in [0.2, 0.25) is 5.91 Å². The molecule has 1 aromatic carbocycles. The highest BCUT2D eigenvalue weighted by atomic mass is 35.5. The fraction of sp³-hybridized carbons (Fsp3) is 0.273. The van der Waals surface area contributed by atoms with Crippen molar-refractivity contribution < 1.29 is 22.5 Å². The van der Waals surface area contributed by atoms with Crippen molar-refractivity contribution in [1.29, 1.82) is 0 Å². The summed E-state index contributed by atoms with van der Waals surface area (Å²) in [5.74, 6) is -0.977. The van der Waals surface area contributed by atoms with Gasteiger partial charge in [-0.3, -0.25) is 9.59 Å². The lowest BCUT2D eigenvalue weighted by molar-refractivity contribution is -0.124. The highest BCUT2D eigenvalue weighted by Crippen LogP contribution is 2.31. The maximum absolute atomic E-state index is 11.5. The van der Waals surface area contributed by atoms with Gasteiger partial charge in [-0.1, -0.05) is 11.6 Å². The molecule has 1 atom stereocenters. The van der Waals surface area contributed by atoms with Crippen molar-refractivity contribution in [3.05, 3.63) is 22.7 Å². The molecule has 1 unspecified atom stereocenters. The third kappa shape index (κ3) is 4.98. The van der Waals surface area contributed by atoms with Gasteiger partial charge < -0.3 is 14.1 Å². The van der Waals surface area contributed by atoms with Crippen LogP contribution in [0.1, 0.15) is 18.9 Å². The van der Waals surface area contributed by atoms with Gasteiger partial charge in [0.05, 0.1) is 12.1 Å². The van der Waals surface area contributed by atoms with Crippen LogP contribution in [0.15, 0.2) is 12.1 Å². The zero-order valence-electron chi connectivity index (χ0n) is 10.2. The predicted octanol–water partition coefficient (Wildman–Crippen LogP) is 1.74. The largest absolute Gasteiger partial charge is 0.740 e. The molecule has 0 spiro atoms. The normalized spacial score (nSPS) is 11.8. The van der Waals surface area contributed by atoms with Gasteiger partial charge in [-0.25, -0.2) is 4.21 Å². The molecule has 8 heteroatoms. The highest BCUT2D eigenvalue weighted by Gasteiger charge is 2.12. The van der Waals surface area contributed by atoms with Gasteiger partial charge in [0.25, 0.3) is 0 Å². The van der Waals surface area contributed by atoms with Crippen LogP contribution in [0.4, 0.5) is 5.69 Å². The number of halogens is 1. The van der Waals surface area contributed by atoms with E-state index < -0.39 is 17.3 Å². The van der Waals surface area contributed by atoms with Crippen molar-refractivity contribution in [3.8, 4) is 5.75 Å². The minimum Gasteiger partial charge on any atom is -0.740 e. The van der Waals surface area contributed by atoms with E-state index in [0.717, 1.165) is 0 Å². The minimum atomic E-state index is -2.79. The SMILES string of the molecule is CC(=O)CC(=O)Nc1cc(C)c(Cl)cc1OS(=O)[O-]. The quantitative estimate of drug-likeness (QED) is 0.660. The van der Waals surface area contributed by atoms with E-state index in [1.54, 1.807) is 6.92 Å². The Hall–Kier alpha value is -1.44. The lowest BCUT2D eigenvalue weighted by atomic mass is 10.2. The van der Waals surface area contributed by atoms with Crippen LogP contribution in [-0.4, -0.2) is 20.5 Å². The summed E-state index contributed by atoms with van der Waals surface area (Å²) in [6, 6.07) is 2.73. The first-order chi connectivity index (χ1) is 8.79. The number of amides is 1. The molecule has 19 heavy (non-hydrogen) atoms.